The summed E-state index contributed by atoms with van der Waals surface area (Å²) in [5, 5.41) is 8.90. The number of carbonyl (C=O) groups excluding carboxylic acids is 1. The minimum atomic E-state index is -0.808. The largest absolute Gasteiger partial charge is 0.481 e. The van der Waals surface area contributed by atoms with Crippen molar-refractivity contribution in [3.8, 4) is 5.69 Å². The first-order chi connectivity index (χ1) is 11.6. The van der Waals surface area contributed by atoms with Gasteiger partial charge in [-0.15, -0.1) is 0 Å². The number of hydrogen-bond acceptors (Lipinski definition) is 3. The van der Waals surface area contributed by atoms with E-state index in [1.54, 1.807) is 12.5 Å². The molecule has 2 heterocycles. The Bertz CT molecular complexity index is 695. The lowest BCUT2D eigenvalue weighted by Gasteiger charge is -2.35. The minimum absolute atomic E-state index is 0.0118. The average Bonchev–Trinajstić information content (AvgIpc) is 3.14. The van der Waals surface area contributed by atoms with Gasteiger partial charge in [0.05, 0.1) is 6.33 Å². The summed E-state index contributed by atoms with van der Waals surface area (Å²) < 4.78 is 1.88. The lowest BCUT2D eigenvalue weighted by atomic mass is 9.97. The van der Waals surface area contributed by atoms with Crippen molar-refractivity contribution >= 4 is 11.9 Å². The number of aromatic nitrogens is 2. The number of piperidine rings is 1. The van der Waals surface area contributed by atoms with Crippen molar-refractivity contribution in [2.45, 2.75) is 38.1 Å². The molecule has 1 amide bonds. The molecule has 0 radical (unpaired) electrons. The summed E-state index contributed by atoms with van der Waals surface area (Å²) in [6.45, 7) is 0.701. The molecule has 126 valence electrons. The molecule has 0 bridgehead atoms. The summed E-state index contributed by atoms with van der Waals surface area (Å²) in [5.74, 6) is -0.820. The van der Waals surface area contributed by atoms with Crippen LogP contribution in [-0.4, -0.2) is 44.0 Å². The van der Waals surface area contributed by atoms with Gasteiger partial charge in [0, 0.05) is 42.7 Å². The van der Waals surface area contributed by atoms with Gasteiger partial charge in [-0.05, 0) is 49.9 Å². The predicted octanol–water partition coefficient (Wildman–Crippen LogP) is 2.73. The third kappa shape index (κ3) is 3.64. The molecule has 1 aliphatic heterocycles. The van der Waals surface area contributed by atoms with Crippen LogP contribution in [0.15, 0.2) is 43.0 Å². The van der Waals surface area contributed by atoms with Gasteiger partial charge in [0.2, 0.25) is 0 Å². The van der Waals surface area contributed by atoms with Crippen LogP contribution >= 0.6 is 0 Å². The maximum absolute atomic E-state index is 12.8. The van der Waals surface area contributed by atoms with E-state index in [9.17, 15) is 9.59 Å². The number of carboxylic acid groups (broad SMARTS) is 1. The monoisotopic (exact) mass is 327 g/mol. The third-order valence-corrected chi connectivity index (χ3v) is 4.50. The maximum atomic E-state index is 12.8. The molecule has 2 aromatic rings. The van der Waals surface area contributed by atoms with Crippen LogP contribution in [0.1, 0.15) is 42.5 Å². The Morgan fingerprint density at radius 1 is 1.21 bits per heavy atom. The van der Waals surface area contributed by atoms with Crippen molar-refractivity contribution in [2.24, 2.45) is 0 Å². The van der Waals surface area contributed by atoms with E-state index in [1.807, 2.05) is 39.9 Å². The lowest BCUT2D eigenvalue weighted by molar-refractivity contribution is -0.137. The van der Waals surface area contributed by atoms with Crippen LogP contribution in [-0.2, 0) is 4.79 Å². The van der Waals surface area contributed by atoms with E-state index >= 15 is 0 Å². The van der Waals surface area contributed by atoms with E-state index in [0.29, 0.717) is 18.5 Å². The molecule has 3 rings (SSSR count). The summed E-state index contributed by atoms with van der Waals surface area (Å²) >= 11 is 0. The molecular weight excluding hydrogens is 306 g/mol. The van der Waals surface area contributed by atoms with Crippen LogP contribution in [0.5, 0.6) is 0 Å². The van der Waals surface area contributed by atoms with Gasteiger partial charge in [0.1, 0.15) is 0 Å². The molecule has 6 heteroatoms. The van der Waals surface area contributed by atoms with E-state index in [-0.39, 0.29) is 18.4 Å². The number of benzene rings is 1. The van der Waals surface area contributed by atoms with Gasteiger partial charge in [0.25, 0.3) is 5.91 Å². The highest BCUT2D eigenvalue weighted by Gasteiger charge is 2.27. The van der Waals surface area contributed by atoms with Gasteiger partial charge in [-0.25, -0.2) is 4.98 Å². The zero-order valence-corrected chi connectivity index (χ0v) is 13.5. The molecule has 1 aliphatic rings. The summed E-state index contributed by atoms with van der Waals surface area (Å²) in [5.41, 5.74) is 1.59. The Hall–Kier alpha value is -2.63. The zero-order chi connectivity index (χ0) is 16.9. The van der Waals surface area contributed by atoms with Crippen LogP contribution < -0.4 is 0 Å². The van der Waals surface area contributed by atoms with E-state index in [2.05, 4.69) is 4.98 Å². The van der Waals surface area contributed by atoms with Gasteiger partial charge < -0.3 is 14.6 Å². The highest BCUT2D eigenvalue weighted by Crippen LogP contribution is 2.23. The molecule has 1 atom stereocenters. The number of imidazole rings is 1. The molecule has 1 aromatic carbocycles. The molecule has 1 fully saturated rings. The molecule has 0 saturated carbocycles. The quantitative estimate of drug-likeness (QED) is 0.916. The van der Waals surface area contributed by atoms with Crippen molar-refractivity contribution in [3.05, 3.63) is 48.5 Å². The highest BCUT2D eigenvalue weighted by atomic mass is 16.4. The van der Waals surface area contributed by atoms with Crippen LogP contribution in [0.2, 0.25) is 0 Å². The van der Waals surface area contributed by atoms with Crippen molar-refractivity contribution in [1.29, 1.82) is 0 Å². The normalized spacial score (nSPS) is 17.7. The van der Waals surface area contributed by atoms with Crippen LogP contribution in [0.4, 0.5) is 0 Å². The van der Waals surface area contributed by atoms with Gasteiger partial charge in [-0.2, -0.15) is 0 Å². The molecule has 1 saturated heterocycles. The third-order valence-electron chi connectivity index (χ3n) is 4.50. The molecule has 6 nitrogen and oxygen atoms in total. The van der Waals surface area contributed by atoms with Gasteiger partial charge in [-0.1, -0.05) is 0 Å². The molecule has 1 N–H and O–H groups in total. The number of amides is 1. The first kappa shape index (κ1) is 16.2. The molecule has 0 aliphatic carbocycles. The van der Waals surface area contributed by atoms with E-state index in [4.69, 9.17) is 5.11 Å². The van der Waals surface area contributed by atoms with Crippen molar-refractivity contribution in [3.63, 3.8) is 0 Å². The Balaban J connectivity index is 1.72. The van der Waals surface area contributed by atoms with Crippen LogP contribution in [0, 0.1) is 0 Å². The SMILES string of the molecule is O=C(O)CC[C@@H]1CCCCN1C(=O)c1ccc(-n2ccnc2)cc1. The van der Waals surface area contributed by atoms with Gasteiger partial charge in [0.15, 0.2) is 0 Å². The predicted molar refractivity (Wildman–Crippen MR) is 89.1 cm³/mol. The molecule has 0 spiro atoms. The summed E-state index contributed by atoms with van der Waals surface area (Å²) in [6, 6.07) is 7.45. The lowest BCUT2D eigenvalue weighted by Crippen LogP contribution is -2.43. The highest BCUT2D eigenvalue weighted by molar-refractivity contribution is 5.94. The van der Waals surface area contributed by atoms with Crippen molar-refractivity contribution in [1.82, 2.24) is 14.5 Å². The summed E-state index contributed by atoms with van der Waals surface area (Å²) in [7, 11) is 0. The standard InChI is InChI=1S/C18H21N3O3/c22-17(23)9-8-16-3-1-2-11-21(16)18(24)14-4-6-15(7-5-14)20-12-10-19-13-20/h4-7,10,12-13,16H,1-3,8-9,11H2,(H,22,23)/t16-/m0/s1. The van der Waals surface area contributed by atoms with Crippen LogP contribution in [0.25, 0.3) is 5.69 Å². The van der Waals surface area contributed by atoms with Crippen LogP contribution in [0.3, 0.4) is 0 Å². The van der Waals surface area contributed by atoms with E-state index in [0.717, 1.165) is 24.9 Å². The first-order valence-electron chi connectivity index (χ1n) is 8.26. The number of carbonyl (C=O) groups is 2. The molecule has 0 unspecified atom stereocenters. The second kappa shape index (κ2) is 7.29. The van der Waals surface area contributed by atoms with E-state index < -0.39 is 5.97 Å². The second-order valence-electron chi connectivity index (χ2n) is 6.10. The molecule has 1 aromatic heterocycles. The Morgan fingerprint density at radius 2 is 2.00 bits per heavy atom. The van der Waals surface area contributed by atoms with Gasteiger partial charge >= 0.3 is 5.97 Å². The Kier molecular flexibility index (Phi) is 4.93. The summed E-state index contributed by atoms with van der Waals surface area (Å²) in [4.78, 5) is 29.5. The average molecular weight is 327 g/mol. The topological polar surface area (TPSA) is 75.4 Å². The number of carboxylic acids is 1. The minimum Gasteiger partial charge on any atom is -0.481 e. The van der Waals surface area contributed by atoms with Crippen molar-refractivity contribution < 1.29 is 14.7 Å². The van der Waals surface area contributed by atoms with Gasteiger partial charge in [-0.3, -0.25) is 9.59 Å². The fourth-order valence-electron chi connectivity index (χ4n) is 3.21. The number of nitrogens with zero attached hydrogens (tertiary/aromatic N) is 3. The fourth-order valence-corrected chi connectivity index (χ4v) is 3.21. The number of rotatable bonds is 5. The molecular formula is C18H21N3O3. The Morgan fingerprint density at radius 3 is 2.67 bits per heavy atom. The maximum Gasteiger partial charge on any atom is 0.303 e. The van der Waals surface area contributed by atoms with E-state index in [1.165, 1.54) is 0 Å². The number of aliphatic carboxylic acids is 1. The smallest absolute Gasteiger partial charge is 0.303 e. The first-order valence-corrected chi connectivity index (χ1v) is 8.26. The summed E-state index contributed by atoms with van der Waals surface area (Å²) in [6.07, 6.45) is 8.80. The Labute approximate surface area is 140 Å². The zero-order valence-electron chi connectivity index (χ0n) is 13.5. The number of hydrogen-bond donors (Lipinski definition) is 1. The fraction of sp³-hybridized carbons (Fsp3) is 0.389. The number of likely N-dealkylation sites (tertiary alicyclic amines) is 1. The molecule has 24 heavy (non-hydrogen) atoms. The van der Waals surface area contributed by atoms with Crippen molar-refractivity contribution in [2.75, 3.05) is 6.54 Å². The second-order valence-corrected chi connectivity index (χ2v) is 6.10.